The Labute approximate surface area is 129 Å². The standard InChI is InChI=1S/C17H32N2O2/c1-16(2,3)14-6-5-8-17(9-7-14,15(20)21-4)19-12-10-18-11-13-19/h14,18H,5-13H2,1-4H3. The van der Waals surface area contributed by atoms with E-state index in [0.717, 1.165) is 51.9 Å². The lowest BCUT2D eigenvalue weighted by Gasteiger charge is -2.43. The van der Waals surface area contributed by atoms with Crippen molar-refractivity contribution >= 4 is 5.97 Å². The summed E-state index contributed by atoms with van der Waals surface area (Å²) in [6, 6.07) is 0. The molecule has 0 radical (unpaired) electrons. The van der Waals surface area contributed by atoms with E-state index < -0.39 is 0 Å². The molecule has 1 aliphatic carbocycles. The Morgan fingerprint density at radius 2 is 1.86 bits per heavy atom. The molecule has 1 saturated carbocycles. The number of hydrogen-bond acceptors (Lipinski definition) is 4. The maximum Gasteiger partial charge on any atom is 0.326 e. The fraction of sp³-hybridized carbons (Fsp3) is 0.941. The molecular formula is C17H32N2O2. The first kappa shape index (κ1) is 16.8. The number of rotatable bonds is 2. The molecule has 0 aromatic rings. The molecule has 1 N–H and O–H groups in total. The van der Waals surface area contributed by atoms with Gasteiger partial charge in [0.1, 0.15) is 5.54 Å². The Morgan fingerprint density at radius 3 is 2.43 bits per heavy atom. The van der Waals surface area contributed by atoms with Crippen molar-refractivity contribution in [3.63, 3.8) is 0 Å². The van der Waals surface area contributed by atoms with Gasteiger partial charge >= 0.3 is 5.97 Å². The Hall–Kier alpha value is -0.610. The Bertz CT molecular complexity index is 358. The molecule has 4 heteroatoms. The number of esters is 1. The van der Waals surface area contributed by atoms with Gasteiger partial charge in [0.15, 0.2) is 0 Å². The minimum atomic E-state index is -0.378. The van der Waals surface area contributed by atoms with E-state index in [0.29, 0.717) is 11.3 Å². The number of piperazine rings is 1. The summed E-state index contributed by atoms with van der Waals surface area (Å²) in [6.07, 6.45) is 5.38. The molecule has 2 atom stereocenters. The van der Waals surface area contributed by atoms with Crippen LogP contribution >= 0.6 is 0 Å². The largest absolute Gasteiger partial charge is 0.468 e. The van der Waals surface area contributed by atoms with Gasteiger partial charge in [-0.3, -0.25) is 9.69 Å². The minimum absolute atomic E-state index is 0.0149. The van der Waals surface area contributed by atoms with Crippen molar-refractivity contribution in [2.75, 3.05) is 33.3 Å². The van der Waals surface area contributed by atoms with Crippen LogP contribution < -0.4 is 5.32 Å². The van der Waals surface area contributed by atoms with Crippen molar-refractivity contribution < 1.29 is 9.53 Å². The van der Waals surface area contributed by atoms with E-state index in [1.165, 1.54) is 6.42 Å². The van der Waals surface area contributed by atoms with Gasteiger partial charge in [-0.1, -0.05) is 27.2 Å². The predicted octanol–water partition coefficient (Wildman–Crippen LogP) is 2.43. The normalized spacial score (nSPS) is 32.5. The van der Waals surface area contributed by atoms with E-state index in [1.807, 2.05) is 0 Å². The molecule has 21 heavy (non-hydrogen) atoms. The second-order valence-corrected chi connectivity index (χ2v) is 7.75. The fourth-order valence-corrected chi connectivity index (χ4v) is 4.12. The van der Waals surface area contributed by atoms with Crippen LogP contribution in [0.5, 0.6) is 0 Å². The van der Waals surface area contributed by atoms with Crippen LogP contribution in [0.1, 0.15) is 52.9 Å². The highest BCUT2D eigenvalue weighted by atomic mass is 16.5. The van der Waals surface area contributed by atoms with Gasteiger partial charge in [0.05, 0.1) is 7.11 Å². The topological polar surface area (TPSA) is 41.6 Å². The van der Waals surface area contributed by atoms with Crippen molar-refractivity contribution in [1.82, 2.24) is 10.2 Å². The Balaban J connectivity index is 2.18. The number of ether oxygens (including phenoxy) is 1. The molecule has 2 fully saturated rings. The van der Waals surface area contributed by atoms with E-state index in [-0.39, 0.29) is 11.5 Å². The zero-order valence-electron chi connectivity index (χ0n) is 14.2. The zero-order chi connectivity index (χ0) is 15.5. The summed E-state index contributed by atoms with van der Waals surface area (Å²) in [5.74, 6) is 0.686. The van der Waals surface area contributed by atoms with Crippen LogP contribution in [-0.4, -0.2) is 49.7 Å². The van der Waals surface area contributed by atoms with Crippen molar-refractivity contribution in [1.29, 1.82) is 0 Å². The van der Waals surface area contributed by atoms with Gasteiger partial charge in [-0.15, -0.1) is 0 Å². The summed E-state index contributed by atoms with van der Waals surface area (Å²) in [7, 11) is 1.54. The molecule has 2 rings (SSSR count). The fourth-order valence-electron chi connectivity index (χ4n) is 4.12. The van der Waals surface area contributed by atoms with Gasteiger partial charge < -0.3 is 10.1 Å². The van der Waals surface area contributed by atoms with E-state index in [1.54, 1.807) is 7.11 Å². The maximum absolute atomic E-state index is 12.6. The molecule has 0 aromatic carbocycles. The van der Waals surface area contributed by atoms with E-state index >= 15 is 0 Å². The van der Waals surface area contributed by atoms with Crippen molar-refractivity contribution in [2.45, 2.75) is 58.4 Å². The third kappa shape index (κ3) is 3.59. The number of carbonyl (C=O) groups excluding carboxylic acids is 1. The third-order valence-corrected chi connectivity index (χ3v) is 5.56. The van der Waals surface area contributed by atoms with E-state index in [9.17, 15) is 4.79 Å². The number of carbonyl (C=O) groups is 1. The molecule has 0 amide bonds. The first-order valence-corrected chi connectivity index (χ1v) is 8.44. The Kier molecular flexibility index (Phi) is 5.31. The average Bonchev–Trinajstić information content (AvgIpc) is 2.71. The Morgan fingerprint density at radius 1 is 1.19 bits per heavy atom. The summed E-state index contributed by atoms with van der Waals surface area (Å²) in [6.45, 7) is 10.8. The summed E-state index contributed by atoms with van der Waals surface area (Å²) < 4.78 is 5.22. The second-order valence-electron chi connectivity index (χ2n) is 7.75. The number of nitrogens with zero attached hydrogens (tertiary/aromatic N) is 1. The first-order valence-electron chi connectivity index (χ1n) is 8.44. The van der Waals surface area contributed by atoms with Gasteiger partial charge in [-0.05, 0) is 37.0 Å². The molecule has 0 bridgehead atoms. The van der Waals surface area contributed by atoms with Crippen molar-refractivity contribution in [2.24, 2.45) is 11.3 Å². The van der Waals surface area contributed by atoms with Gasteiger partial charge in [-0.2, -0.15) is 0 Å². The molecular weight excluding hydrogens is 264 g/mol. The lowest BCUT2D eigenvalue weighted by atomic mass is 9.76. The average molecular weight is 296 g/mol. The van der Waals surface area contributed by atoms with Crippen molar-refractivity contribution in [3.8, 4) is 0 Å². The van der Waals surface area contributed by atoms with Crippen LogP contribution in [0, 0.1) is 11.3 Å². The smallest absolute Gasteiger partial charge is 0.326 e. The summed E-state index contributed by atoms with van der Waals surface area (Å²) in [5, 5.41) is 3.38. The highest BCUT2D eigenvalue weighted by molar-refractivity contribution is 5.80. The number of methoxy groups -OCH3 is 1. The highest BCUT2D eigenvalue weighted by Gasteiger charge is 2.47. The van der Waals surface area contributed by atoms with Crippen molar-refractivity contribution in [3.05, 3.63) is 0 Å². The molecule has 122 valence electrons. The van der Waals surface area contributed by atoms with Crippen LogP contribution in [0.15, 0.2) is 0 Å². The van der Waals surface area contributed by atoms with Gasteiger partial charge in [0.2, 0.25) is 0 Å². The molecule has 4 nitrogen and oxygen atoms in total. The summed E-state index contributed by atoms with van der Waals surface area (Å²) in [4.78, 5) is 15.0. The lowest BCUT2D eigenvalue weighted by Crippen LogP contribution is -2.60. The molecule has 1 saturated heterocycles. The zero-order valence-corrected chi connectivity index (χ0v) is 14.2. The molecule has 1 aliphatic heterocycles. The predicted molar refractivity (Wildman–Crippen MR) is 85.2 cm³/mol. The van der Waals surface area contributed by atoms with Gasteiger partial charge in [0.25, 0.3) is 0 Å². The van der Waals surface area contributed by atoms with Crippen LogP contribution in [-0.2, 0) is 9.53 Å². The van der Waals surface area contributed by atoms with Gasteiger partial charge in [-0.25, -0.2) is 0 Å². The molecule has 0 spiro atoms. The molecule has 1 heterocycles. The first-order chi connectivity index (χ1) is 9.90. The monoisotopic (exact) mass is 296 g/mol. The molecule has 2 unspecified atom stereocenters. The SMILES string of the molecule is COC(=O)C1(N2CCNCC2)CCCC(C(C)(C)C)CC1. The van der Waals surface area contributed by atoms with Crippen LogP contribution in [0.3, 0.4) is 0 Å². The highest BCUT2D eigenvalue weighted by Crippen LogP contribution is 2.42. The number of nitrogens with one attached hydrogen (secondary N) is 1. The van der Waals surface area contributed by atoms with Crippen LogP contribution in [0.4, 0.5) is 0 Å². The molecule has 0 aromatic heterocycles. The summed E-state index contributed by atoms with van der Waals surface area (Å²) in [5.41, 5.74) is -0.0491. The third-order valence-electron chi connectivity index (χ3n) is 5.56. The lowest BCUT2D eigenvalue weighted by molar-refractivity contribution is -0.157. The number of hydrogen-bond donors (Lipinski definition) is 1. The van der Waals surface area contributed by atoms with Gasteiger partial charge in [0, 0.05) is 26.2 Å². The molecule has 2 aliphatic rings. The van der Waals surface area contributed by atoms with Crippen LogP contribution in [0.25, 0.3) is 0 Å². The summed E-state index contributed by atoms with van der Waals surface area (Å²) >= 11 is 0. The van der Waals surface area contributed by atoms with Crippen LogP contribution in [0.2, 0.25) is 0 Å². The minimum Gasteiger partial charge on any atom is -0.468 e. The second kappa shape index (κ2) is 6.66. The maximum atomic E-state index is 12.6. The van der Waals surface area contributed by atoms with E-state index in [2.05, 4.69) is 31.0 Å². The van der Waals surface area contributed by atoms with E-state index in [4.69, 9.17) is 4.74 Å². The quantitative estimate of drug-likeness (QED) is 0.628.